The van der Waals surface area contributed by atoms with Gasteiger partial charge in [-0.05, 0) is 40.0 Å². The first kappa shape index (κ1) is 16.0. The van der Waals surface area contributed by atoms with Crippen molar-refractivity contribution in [3.63, 3.8) is 0 Å². The molecule has 0 unspecified atom stereocenters. The lowest BCUT2D eigenvalue weighted by molar-refractivity contribution is 0.0263. The predicted octanol–water partition coefficient (Wildman–Crippen LogP) is 2.80. The molecular formula is C17H26N4O2. The first-order chi connectivity index (χ1) is 10.9. The van der Waals surface area contributed by atoms with E-state index in [0.29, 0.717) is 12.5 Å². The standard InChI is InChI=1S/C17H26N4O2/c1-17(2,3)23-16(22)21-8-4-7-20(9-10-21)15-11-14(13-5-6-13)18-12-19-15/h11-13H,4-10H2,1-3H3. The first-order valence-electron chi connectivity index (χ1n) is 8.47. The van der Waals surface area contributed by atoms with E-state index in [-0.39, 0.29) is 6.09 Å². The highest BCUT2D eigenvalue weighted by atomic mass is 16.6. The molecule has 0 N–H and O–H groups in total. The van der Waals surface area contributed by atoms with Gasteiger partial charge in [0.15, 0.2) is 0 Å². The van der Waals surface area contributed by atoms with Gasteiger partial charge in [-0.15, -0.1) is 0 Å². The number of aromatic nitrogens is 2. The molecule has 1 aromatic heterocycles. The fraction of sp³-hybridized carbons (Fsp3) is 0.706. The van der Waals surface area contributed by atoms with E-state index in [1.54, 1.807) is 11.2 Å². The second kappa shape index (κ2) is 6.34. The van der Waals surface area contributed by atoms with Gasteiger partial charge in [-0.25, -0.2) is 14.8 Å². The Morgan fingerprint density at radius 1 is 1.17 bits per heavy atom. The van der Waals surface area contributed by atoms with Crippen LogP contribution >= 0.6 is 0 Å². The van der Waals surface area contributed by atoms with Crippen LogP contribution in [0.25, 0.3) is 0 Å². The summed E-state index contributed by atoms with van der Waals surface area (Å²) in [6.07, 6.45) is 4.84. The highest BCUT2D eigenvalue weighted by Crippen LogP contribution is 2.39. The molecule has 23 heavy (non-hydrogen) atoms. The Hall–Kier alpha value is -1.85. The molecular weight excluding hydrogens is 292 g/mol. The molecule has 1 aliphatic carbocycles. The van der Waals surface area contributed by atoms with E-state index in [1.165, 1.54) is 12.8 Å². The van der Waals surface area contributed by atoms with E-state index in [1.807, 2.05) is 20.8 Å². The van der Waals surface area contributed by atoms with Crippen molar-refractivity contribution in [2.75, 3.05) is 31.1 Å². The molecule has 2 aliphatic rings. The van der Waals surface area contributed by atoms with E-state index in [4.69, 9.17) is 4.74 Å². The zero-order chi connectivity index (χ0) is 16.4. The van der Waals surface area contributed by atoms with Crippen molar-refractivity contribution in [2.45, 2.75) is 51.6 Å². The Morgan fingerprint density at radius 2 is 1.96 bits per heavy atom. The van der Waals surface area contributed by atoms with Crippen molar-refractivity contribution in [2.24, 2.45) is 0 Å². The number of carbonyl (C=O) groups is 1. The van der Waals surface area contributed by atoms with Gasteiger partial charge in [0.1, 0.15) is 17.7 Å². The number of nitrogens with zero attached hydrogens (tertiary/aromatic N) is 4. The van der Waals surface area contributed by atoms with E-state index >= 15 is 0 Å². The Morgan fingerprint density at radius 3 is 2.65 bits per heavy atom. The van der Waals surface area contributed by atoms with E-state index < -0.39 is 5.60 Å². The zero-order valence-corrected chi connectivity index (χ0v) is 14.3. The normalized spacial score (nSPS) is 19.4. The molecule has 2 fully saturated rings. The highest BCUT2D eigenvalue weighted by Gasteiger charge is 2.27. The minimum atomic E-state index is -0.450. The number of carbonyl (C=O) groups excluding carboxylic acids is 1. The molecule has 126 valence electrons. The summed E-state index contributed by atoms with van der Waals surface area (Å²) in [5, 5.41) is 0. The second-order valence-corrected chi connectivity index (χ2v) is 7.38. The van der Waals surface area contributed by atoms with Gasteiger partial charge in [0, 0.05) is 43.9 Å². The summed E-state index contributed by atoms with van der Waals surface area (Å²) in [4.78, 5) is 25.1. The van der Waals surface area contributed by atoms with Gasteiger partial charge in [-0.3, -0.25) is 0 Å². The maximum Gasteiger partial charge on any atom is 0.410 e. The molecule has 0 spiro atoms. The molecule has 1 aromatic rings. The van der Waals surface area contributed by atoms with Crippen molar-refractivity contribution in [1.82, 2.24) is 14.9 Å². The molecule has 3 rings (SSSR count). The second-order valence-electron chi connectivity index (χ2n) is 7.38. The van der Waals surface area contributed by atoms with Crippen LogP contribution in [-0.4, -0.2) is 52.7 Å². The maximum absolute atomic E-state index is 12.2. The van der Waals surface area contributed by atoms with Crippen molar-refractivity contribution in [1.29, 1.82) is 0 Å². The van der Waals surface area contributed by atoms with Crippen molar-refractivity contribution in [3.05, 3.63) is 18.1 Å². The highest BCUT2D eigenvalue weighted by molar-refractivity contribution is 5.68. The summed E-state index contributed by atoms with van der Waals surface area (Å²) in [6.45, 7) is 8.77. The third kappa shape index (κ3) is 4.33. The van der Waals surface area contributed by atoms with Crippen LogP contribution in [0.2, 0.25) is 0 Å². The number of rotatable bonds is 2. The minimum absolute atomic E-state index is 0.222. The molecule has 0 radical (unpaired) electrons. The van der Waals surface area contributed by atoms with Gasteiger partial charge < -0.3 is 14.5 Å². The molecule has 6 nitrogen and oxygen atoms in total. The molecule has 1 amide bonds. The van der Waals surface area contributed by atoms with E-state index in [9.17, 15) is 4.79 Å². The Kier molecular flexibility index (Phi) is 4.41. The molecule has 0 aromatic carbocycles. The van der Waals surface area contributed by atoms with Crippen LogP contribution in [0, 0.1) is 0 Å². The SMILES string of the molecule is CC(C)(C)OC(=O)N1CCCN(c2cc(C3CC3)ncn2)CC1. The summed E-state index contributed by atoms with van der Waals surface area (Å²) in [5.41, 5.74) is 0.706. The van der Waals surface area contributed by atoms with E-state index in [2.05, 4.69) is 20.9 Å². The first-order valence-corrected chi connectivity index (χ1v) is 8.47. The van der Waals surface area contributed by atoms with Crippen LogP contribution in [0.15, 0.2) is 12.4 Å². The van der Waals surface area contributed by atoms with Crippen LogP contribution in [0.1, 0.15) is 51.6 Å². The topological polar surface area (TPSA) is 58.6 Å². The lowest BCUT2D eigenvalue weighted by Crippen LogP contribution is -2.39. The van der Waals surface area contributed by atoms with Gasteiger partial charge >= 0.3 is 6.09 Å². The molecule has 6 heteroatoms. The lowest BCUT2D eigenvalue weighted by atomic mass is 10.2. The third-order valence-corrected chi connectivity index (χ3v) is 4.14. The monoisotopic (exact) mass is 318 g/mol. The fourth-order valence-corrected chi connectivity index (χ4v) is 2.79. The van der Waals surface area contributed by atoms with Gasteiger partial charge in [-0.2, -0.15) is 0 Å². The molecule has 2 heterocycles. The van der Waals surface area contributed by atoms with Crippen molar-refractivity contribution in [3.8, 4) is 0 Å². The Labute approximate surface area is 137 Å². The van der Waals surface area contributed by atoms with Gasteiger partial charge in [0.2, 0.25) is 0 Å². The lowest BCUT2D eigenvalue weighted by Gasteiger charge is -2.26. The summed E-state index contributed by atoms with van der Waals surface area (Å²) in [7, 11) is 0. The van der Waals surface area contributed by atoms with Crippen LogP contribution < -0.4 is 4.90 Å². The quantitative estimate of drug-likeness (QED) is 0.839. The maximum atomic E-state index is 12.2. The molecule has 0 atom stereocenters. The number of anilines is 1. The molecule has 1 aliphatic heterocycles. The number of hydrogen-bond acceptors (Lipinski definition) is 5. The van der Waals surface area contributed by atoms with Crippen LogP contribution in [0.3, 0.4) is 0 Å². The molecule has 1 saturated carbocycles. The average molecular weight is 318 g/mol. The van der Waals surface area contributed by atoms with Crippen LogP contribution in [0.5, 0.6) is 0 Å². The predicted molar refractivity (Wildman–Crippen MR) is 88.6 cm³/mol. The number of hydrogen-bond donors (Lipinski definition) is 0. The van der Waals surface area contributed by atoms with Crippen LogP contribution in [0.4, 0.5) is 10.6 Å². The summed E-state index contributed by atoms with van der Waals surface area (Å²) in [5.74, 6) is 1.61. The zero-order valence-electron chi connectivity index (χ0n) is 14.3. The number of amides is 1. The Bertz CT molecular complexity index is 566. The van der Waals surface area contributed by atoms with Crippen molar-refractivity contribution >= 4 is 11.9 Å². The van der Waals surface area contributed by atoms with Gasteiger partial charge in [0.05, 0.1) is 0 Å². The smallest absolute Gasteiger partial charge is 0.410 e. The number of ether oxygens (including phenoxy) is 1. The van der Waals surface area contributed by atoms with E-state index in [0.717, 1.165) is 37.6 Å². The third-order valence-electron chi connectivity index (χ3n) is 4.14. The fourth-order valence-electron chi connectivity index (χ4n) is 2.79. The largest absolute Gasteiger partial charge is 0.444 e. The van der Waals surface area contributed by atoms with Gasteiger partial charge in [0.25, 0.3) is 0 Å². The Balaban J connectivity index is 1.62. The van der Waals surface area contributed by atoms with Crippen LogP contribution in [-0.2, 0) is 4.74 Å². The molecule has 0 bridgehead atoms. The molecule has 1 saturated heterocycles. The van der Waals surface area contributed by atoms with Gasteiger partial charge in [-0.1, -0.05) is 0 Å². The summed E-state index contributed by atoms with van der Waals surface area (Å²) >= 11 is 0. The summed E-state index contributed by atoms with van der Waals surface area (Å²) < 4.78 is 5.48. The van der Waals surface area contributed by atoms with Crippen molar-refractivity contribution < 1.29 is 9.53 Å². The minimum Gasteiger partial charge on any atom is -0.444 e. The summed E-state index contributed by atoms with van der Waals surface area (Å²) in [6, 6.07) is 2.11. The average Bonchev–Trinajstić information content (AvgIpc) is 3.32.